The van der Waals surface area contributed by atoms with Gasteiger partial charge in [-0.25, -0.2) is 9.18 Å². The van der Waals surface area contributed by atoms with Crippen LogP contribution in [0.5, 0.6) is 0 Å². The average Bonchev–Trinajstić information content (AvgIpc) is 2.04. The monoisotopic (exact) mass is 182 g/mol. The van der Waals surface area contributed by atoms with E-state index in [0.717, 1.165) is 12.5 Å². The van der Waals surface area contributed by atoms with E-state index < -0.39 is 11.6 Å². The largest absolute Gasteiger partial charge is 0.479 e. The van der Waals surface area contributed by atoms with Crippen LogP contribution in [0, 0.1) is 6.92 Å². The zero-order valence-corrected chi connectivity index (χ0v) is 7.54. The lowest BCUT2D eigenvalue weighted by atomic mass is 9.97. The number of carboxylic acids is 1. The Bertz CT molecular complexity index is 331. The van der Waals surface area contributed by atoms with Crippen molar-refractivity contribution >= 4 is 5.97 Å². The molecule has 1 N–H and O–H groups in total. The molecule has 0 amide bonds. The Morgan fingerprint density at radius 1 is 1.54 bits per heavy atom. The lowest BCUT2D eigenvalue weighted by Crippen LogP contribution is -2.26. The number of aliphatic carboxylic acids is 1. The molecular formula is C10H11FO2. The Morgan fingerprint density at radius 3 is 2.62 bits per heavy atom. The van der Waals surface area contributed by atoms with Gasteiger partial charge >= 0.3 is 5.97 Å². The number of rotatable bonds is 2. The van der Waals surface area contributed by atoms with Crippen molar-refractivity contribution in [3.05, 3.63) is 35.4 Å². The molecule has 0 unspecified atom stereocenters. The summed E-state index contributed by atoms with van der Waals surface area (Å²) in [6, 6.07) is 6.45. The van der Waals surface area contributed by atoms with Gasteiger partial charge < -0.3 is 5.11 Å². The van der Waals surface area contributed by atoms with Crippen LogP contribution in [0.4, 0.5) is 4.39 Å². The molecule has 0 saturated carbocycles. The van der Waals surface area contributed by atoms with E-state index >= 15 is 0 Å². The van der Waals surface area contributed by atoms with Gasteiger partial charge in [0.15, 0.2) is 0 Å². The fourth-order valence-electron chi connectivity index (χ4n) is 1.06. The van der Waals surface area contributed by atoms with Crippen LogP contribution in [0.1, 0.15) is 18.1 Å². The first-order chi connectivity index (χ1) is 5.94. The molecule has 1 aromatic rings. The fourth-order valence-corrected chi connectivity index (χ4v) is 1.06. The van der Waals surface area contributed by atoms with E-state index in [1.807, 2.05) is 0 Å². The highest BCUT2D eigenvalue weighted by atomic mass is 19.1. The minimum absolute atomic E-state index is 0.181. The van der Waals surface area contributed by atoms with Gasteiger partial charge in [-0.2, -0.15) is 0 Å². The Labute approximate surface area is 76.0 Å². The van der Waals surface area contributed by atoms with Gasteiger partial charge in [-0.3, -0.25) is 0 Å². The van der Waals surface area contributed by atoms with Gasteiger partial charge in [0.2, 0.25) is 5.67 Å². The fraction of sp³-hybridized carbons (Fsp3) is 0.300. The van der Waals surface area contributed by atoms with Crippen molar-refractivity contribution < 1.29 is 14.3 Å². The van der Waals surface area contributed by atoms with Gasteiger partial charge in [0.25, 0.3) is 0 Å². The molecular weight excluding hydrogens is 171 g/mol. The van der Waals surface area contributed by atoms with E-state index in [1.54, 1.807) is 19.1 Å². The van der Waals surface area contributed by atoms with Crippen molar-refractivity contribution in [2.45, 2.75) is 19.5 Å². The summed E-state index contributed by atoms with van der Waals surface area (Å²) in [5.41, 5.74) is -1.27. The lowest BCUT2D eigenvalue weighted by molar-refractivity contribution is -0.150. The molecule has 2 nitrogen and oxygen atoms in total. The first-order valence-electron chi connectivity index (χ1n) is 3.94. The van der Waals surface area contributed by atoms with Crippen molar-refractivity contribution in [1.82, 2.24) is 0 Å². The van der Waals surface area contributed by atoms with Crippen LogP contribution in [-0.4, -0.2) is 11.1 Å². The Morgan fingerprint density at radius 2 is 2.15 bits per heavy atom. The van der Waals surface area contributed by atoms with Crippen molar-refractivity contribution in [3.8, 4) is 0 Å². The zero-order chi connectivity index (χ0) is 10.1. The van der Waals surface area contributed by atoms with Crippen LogP contribution in [0.3, 0.4) is 0 Å². The maximum absolute atomic E-state index is 13.5. The Balaban J connectivity index is 3.14. The maximum Gasteiger partial charge on any atom is 0.345 e. The molecule has 0 spiro atoms. The van der Waals surface area contributed by atoms with E-state index in [2.05, 4.69) is 0 Å². The van der Waals surface area contributed by atoms with E-state index in [4.69, 9.17) is 5.11 Å². The molecule has 0 aliphatic heterocycles. The van der Waals surface area contributed by atoms with Gasteiger partial charge in [0.05, 0.1) is 0 Å². The summed E-state index contributed by atoms with van der Waals surface area (Å²) < 4.78 is 13.5. The van der Waals surface area contributed by atoms with Crippen molar-refractivity contribution in [2.75, 3.05) is 0 Å². The molecule has 70 valence electrons. The minimum atomic E-state index is -2.30. The quantitative estimate of drug-likeness (QED) is 0.761. The molecule has 0 saturated heterocycles. The van der Waals surface area contributed by atoms with E-state index in [1.165, 1.54) is 12.1 Å². The molecule has 0 aromatic heterocycles. The standard InChI is InChI=1S/C10H11FO2/c1-7-4-3-5-8(6-7)10(2,11)9(12)13/h3-6H,1-2H3,(H,12,13)/t10-/m0/s1. The number of alkyl halides is 1. The summed E-state index contributed by atoms with van der Waals surface area (Å²) in [5.74, 6) is -1.46. The van der Waals surface area contributed by atoms with Gasteiger partial charge in [-0.05, 0) is 13.8 Å². The highest BCUT2D eigenvalue weighted by Crippen LogP contribution is 2.26. The van der Waals surface area contributed by atoms with E-state index in [0.29, 0.717) is 0 Å². The Kier molecular flexibility index (Phi) is 2.36. The molecule has 0 fully saturated rings. The normalized spacial score (nSPS) is 15.0. The maximum atomic E-state index is 13.5. The van der Waals surface area contributed by atoms with Gasteiger partial charge in [0, 0.05) is 5.56 Å². The first kappa shape index (κ1) is 9.71. The second-order valence-corrected chi connectivity index (χ2v) is 3.18. The summed E-state index contributed by atoms with van der Waals surface area (Å²) >= 11 is 0. The van der Waals surface area contributed by atoms with Crippen molar-refractivity contribution in [3.63, 3.8) is 0 Å². The van der Waals surface area contributed by atoms with Crippen molar-refractivity contribution in [1.29, 1.82) is 0 Å². The predicted octanol–water partition coefficient (Wildman–Crippen LogP) is 2.26. The average molecular weight is 182 g/mol. The number of carbonyl (C=O) groups is 1. The van der Waals surface area contributed by atoms with Crippen LogP contribution in [-0.2, 0) is 10.5 Å². The van der Waals surface area contributed by atoms with Crippen LogP contribution in [0.15, 0.2) is 24.3 Å². The topological polar surface area (TPSA) is 37.3 Å². The predicted molar refractivity (Wildman–Crippen MR) is 47.3 cm³/mol. The molecule has 0 heterocycles. The molecule has 1 rings (SSSR count). The molecule has 1 atom stereocenters. The van der Waals surface area contributed by atoms with Crippen LogP contribution in [0.25, 0.3) is 0 Å². The highest BCUT2D eigenvalue weighted by molar-refractivity contribution is 5.78. The number of hydrogen-bond acceptors (Lipinski definition) is 1. The lowest BCUT2D eigenvalue weighted by Gasteiger charge is -2.15. The second-order valence-electron chi connectivity index (χ2n) is 3.18. The molecule has 0 aliphatic carbocycles. The third kappa shape index (κ3) is 1.86. The molecule has 3 heteroatoms. The van der Waals surface area contributed by atoms with Gasteiger partial charge in [0.1, 0.15) is 0 Å². The van der Waals surface area contributed by atoms with E-state index in [-0.39, 0.29) is 5.56 Å². The zero-order valence-electron chi connectivity index (χ0n) is 7.54. The van der Waals surface area contributed by atoms with Gasteiger partial charge in [-0.1, -0.05) is 29.8 Å². The molecule has 0 bridgehead atoms. The summed E-state index contributed by atoms with van der Waals surface area (Å²) in [6.07, 6.45) is 0. The SMILES string of the molecule is Cc1cccc([C@](C)(F)C(=O)O)c1. The Hall–Kier alpha value is -1.38. The van der Waals surface area contributed by atoms with Crippen LogP contribution >= 0.6 is 0 Å². The molecule has 1 aromatic carbocycles. The number of halogens is 1. The van der Waals surface area contributed by atoms with Crippen molar-refractivity contribution in [2.24, 2.45) is 0 Å². The molecule has 13 heavy (non-hydrogen) atoms. The highest BCUT2D eigenvalue weighted by Gasteiger charge is 2.34. The first-order valence-corrected chi connectivity index (χ1v) is 3.94. The molecule has 0 aliphatic rings. The third-order valence-electron chi connectivity index (χ3n) is 1.96. The smallest absolute Gasteiger partial charge is 0.345 e. The summed E-state index contributed by atoms with van der Waals surface area (Å²) in [7, 11) is 0. The second kappa shape index (κ2) is 3.17. The van der Waals surface area contributed by atoms with Crippen LogP contribution in [0.2, 0.25) is 0 Å². The summed E-state index contributed by atoms with van der Waals surface area (Å²) in [6.45, 7) is 2.84. The summed E-state index contributed by atoms with van der Waals surface area (Å²) in [4.78, 5) is 10.6. The number of aryl methyl sites for hydroxylation is 1. The van der Waals surface area contributed by atoms with Crippen LogP contribution < -0.4 is 0 Å². The number of benzene rings is 1. The number of carboxylic acid groups (broad SMARTS) is 1. The summed E-state index contributed by atoms with van der Waals surface area (Å²) in [5, 5.41) is 8.61. The number of hydrogen-bond donors (Lipinski definition) is 1. The van der Waals surface area contributed by atoms with E-state index in [9.17, 15) is 9.18 Å². The third-order valence-corrected chi connectivity index (χ3v) is 1.96. The molecule has 0 radical (unpaired) electrons. The van der Waals surface area contributed by atoms with Gasteiger partial charge in [-0.15, -0.1) is 0 Å². The minimum Gasteiger partial charge on any atom is -0.479 e.